The summed E-state index contributed by atoms with van der Waals surface area (Å²) in [5.74, 6) is 1.84. The summed E-state index contributed by atoms with van der Waals surface area (Å²) in [6, 6.07) is 7.27. The fourth-order valence-electron chi connectivity index (χ4n) is 3.90. The lowest BCUT2D eigenvalue weighted by Gasteiger charge is -2.27. The number of nitrogens with one attached hydrogen (secondary N) is 2. The Balaban J connectivity index is 1.66. The van der Waals surface area contributed by atoms with Gasteiger partial charge in [-0.3, -0.25) is 9.89 Å². The van der Waals surface area contributed by atoms with Gasteiger partial charge in [0.15, 0.2) is 17.6 Å². The Kier molecular flexibility index (Phi) is 8.07. The number of anilines is 1. The van der Waals surface area contributed by atoms with Crippen molar-refractivity contribution in [1.29, 1.82) is 0 Å². The number of guanidine groups is 1. The number of nitrogens with zero attached hydrogens (tertiary/aromatic N) is 4. The molecule has 8 heteroatoms. The summed E-state index contributed by atoms with van der Waals surface area (Å²) in [5.41, 5.74) is 0. The third-order valence-electron chi connectivity index (χ3n) is 5.46. The smallest absolute Gasteiger partial charge is 0.191 e. The fourth-order valence-corrected chi connectivity index (χ4v) is 3.90. The SMILES string of the molecule is CCNC(=NCC(c1ccco1)N(CC)CC)NC1CCN(c2ncccc2F)C1. The van der Waals surface area contributed by atoms with Gasteiger partial charge < -0.3 is 20.0 Å². The van der Waals surface area contributed by atoms with E-state index in [4.69, 9.17) is 9.41 Å². The number of hydrogen-bond acceptors (Lipinski definition) is 5. The van der Waals surface area contributed by atoms with Gasteiger partial charge in [0, 0.05) is 31.9 Å². The second kappa shape index (κ2) is 11.0. The molecule has 0 saturated carbocycles. The highest BCUT2D eigenvalue weighted by atomic mass is 19.1. The molecule has 7 nitrogen and oxygen atoms in total. The van der Waals surface area contributed by atoms with Gasteiger partial charge in [0.05, 0.1) is 18.8 Å². The molecule has 2 atom stereocenters. The number of halogens is 1. The molecule has 164 valence electrons. The van der Waals surface area contributed by atoms with Crippen molar-refractivity contribution in [1.82, 2.24) is 20.5 Å². The zero-order chi connectivity index (χ0) is 21.3. The molecule has 3 rings (SSSR count). The van der Waals surface area contributed by atoms with Gasteiger partial charge in [-0.1, -0.05) is 13.8 Å². The second-order valence-corrected chi connectivity index (χ2v) is 7.36. The Labute approximate surface area is 178 Å². The lowest BCUT2D eigenvalue weighted by molar-refractivity contribution is 0.198. The van der Waals surface area contributed by atoms with Crippen molar-refractivity contribution in [2.75, 3.05) is 44.2 Å². The van der Waals surface area contributed by atoms with Gasteiger partial charge in [0.2, 0.25) is 0 Å². The van der Waals surface area contributed by atoms with Crippen LogP contribution in [-0.2, 0) is 0 Å². The van der Waals surface area contributed by atoms with Gasteiger partial charge in [0.1, 0.15) is 5.76 Å². The molecule has 0 aromatic carbocycles. The normalized spacial score (nSPS) is 18.1. The van der Waals surface area contributed by atoms with Gasteiger partial charge in [-0.2, -0.15) is 0 Å². The molecule has 2 unspecified atom stereocenters. The monoisotopic (exact) mass is 416 g/mol. The van der Waals surface area contributed by atoms with E-state index in [1.165, 1.54) is 6.07 Å². The summed E-state index contributed by atoms with van der Waals surface area (Å²) in [4.78, 5) is 13.4. The molecule has 2 aromatic rings. The summed E-state index contributed by atoms with van der Waals surface area (Å²) in [5, 5.41) is 6.84. The predicted molar refractivity (Wildman–Crippen MR) is 118 cm³/mol. The van der Waals surface area contributed by atoms with Crippen LogP contribution in [0.15, 0.2) is 46.1 Å². The lowest BCUT2D eigenvalue weighted by Crippen LogP contribution is -2.45. The van der Waals surface area contributed by atoms with Crippen molar-refractivity contribution in [3.05, 3.63) is 48.3 Å². The molecule has 1 aliphatic heterocycles. The average molecular weight is 417 g/mol. The van der Waals surface area contributed by atoms with Crippen LogP contribution in [0, 0.1) is 5.82 Å². The molecule has 1 saturated heterocycles. The lowest BCUT2D eigenvalue weighted by atomic mass is 10.2. The molecule has 2 aromatic heterocycles. The topological polar surface area (TPSA) is 68.9 Å². The van der Waals surface area contributed by atoms with E-state index in [1.54, 1.807) is 18.5 Å². The quantitative estimate of drug-likeness (QED) is 0.484. The number of rotatable bonds is 9. The molecule has 1 aliphatic rings. The second-order valence-electron chi connectivity index (χ2n) is 7.36. The maximum Gasteiger partial charge on any atom is 0.191 e. The number of likely N-dealkylation sites (N-methyl/N-ethyl adjacent to an activating group) is 1. The minimum absolute atomic E-state index is 0.0909. The molecular weight excluding hydrogens is 383 g/mol. The van der Waals surface area contributed by atoms with Crippen molar-refractivity contribution < 1.29 is 8.81 Å². The molecule has 0 bridgehead atoms. The Morgan fingerprint density at radius 1 is 1.33 bits per heavy atom. The van der Waals surface area contributed by atoms with E-state index in [0.717, 1.165) is 44.3 Å². The summed E-state index contributed by atoms with van der Waals surface area (Å²) < 4.78 is 19.7. The third kappa shape index (κ3) is 5.50. The Morgan fingerprint density at radius 3 is 2.83 bits per heavy atom. The van der Waals surface area contributed by atoms with Crippen molar-refractivity contribution in [2.45, 2.75) is 39.3 Å². The zero-order valence-corrected chi connectivity index (χ0v) is 18.1. The van der Waals surface area contributed by atoms with Gasteiger partial charge in [-0.15, -0.1) is 0 Å². The van der Waals surface area contributed by atoms with Gasteiger partial charge >= 0.3 is 0 Å². The summed E-state index contributed by atoms with van der Waals surface area (Å²) >= 11 is 0. The van der Waals surface area contributed by atoms with Crippen molar-refractivity contribution >= 4 is 11.8 Å². The van der Waals surface area contributed by atoms with Crippen LogP contribution in [0.25, 0.3) is 0 Å². The number of aliphatic imine (C=N–C) groups is 1. The van der Waals surface area contributed by atoms with Gasteiger partial charge in [-0.05, 0) is 50.7 Å². The summed E-state index contributed by atoms with van der Waals surface area (Å²) in [7, 11) is 0. The Morgan fingerprint density at radius 2 is 2.17 bits per heavy atom. The van der Waals surface area contributed by atoms with E-state index in [9.17, 15) is 4.39 Å². The predicted octanol–water partition coefficient (Wildman–Crippen LogP) is 3.03. The van der Waals surface area contributed by atoms with Crippen LogP contribution in [0.5, 0.6) is 0 Å². The molecule has 0 spiro atoms. The van der Waals surface area contributed by atoms with E-state index < -0.39 is 0 Å². The van der Waals surface area contributed by atoms with Crippen LogP contribution in [-0.4, -0.2) is 61.2 Å². The molecule has 0 amide bonds. The number of furan rings is 1. The number of hydrogen-bond donors (Lipinski definition) is 2. The molecule has 1 fully saturated rings. The van der Waals surface area contributed by atoms with Gasteiger partial charge in [-0.25, -0.2) is 9.37 Å². The molecule has 0 radical (unpaired) electrons. The fraction of sp³-hybridized carbons (Fsp3) is 0.545. The summed E-state index contributed by atoms with van der Waals surface area (Å²) in [6.45, 7) is 11.0. The zero-order valence-electron chi connectivity index (χ0n) is 18.1. The van der Waals surface area contributed by atoms with E-state index in [2.05, 4.69) is 41.3 Å². The van der Waals surface area contributed by atoms with Crippen molar-refractivity contribution in [2.24, 2.45) is 4.99 Å². The average Bonchev–Trinajstić information content (AvgIpc) is 3.44. The first kappa shape index (κ1) is 22.1. The minimum Gasteiger partial charge on any atom is -0.468 e. The van der Waals surface area contributed by atoms with E-state index in [1.807, 2.05) is 17.0 Å². The van der Waals surface area contributed by atoms with Crippen LogP contribution in [0.3, 0.4) is 0 Å². The highest BCUT2D eigenvalue weighted by Crippen LogP contribution is 2.22. The molecule has 0 aliphatic carbocycles. The van der Waals surface area contributed by atoms with Crippen LogP contribution in [0.1, 0.15) is 39.0 Å². The standard InChI is InChI=1S/C22H33FN6O/c1-4-24-22(26-15-19(28(5-2)6-3)20-10-8-14-30-20)27-17-11-13-29(16-17)21-18(23)9-7-12-25-21/h7-10,12,14,17,19H,4-6,11,13,15-16H2,1-3H3,(H2,24,26,27). The van der Waals surface area contributed by atoms with E-state index in [-0.39, 0.29) is 17.9 Å². The van der Waals surface area contributed by atoms with Crippen molar-refractivity contribution in [3.63, 3.8) is 0 Å². The van der Waals surface area contributed by atoms with E-state index in [0.29, 0.717) is 18.9 Å². The minimum atomic E-state index is -0.278. The molecule has 30 heavy (non-hydrogen) atoms. The maximum atomic E-state index is 14.1. The maximum absolute atomic E-state index is 14.1. The van der Waals surface area contributed by atoms with Crippen LogP contribution < -0.4 is 15.5 Å². The van der Waals surface area contributed by atoms with Gasteiger partial charge in [0.25, 0.3) is 0 Å². The first-order chi connectivity index (χ1) is 14.7. The highest BCUT2D eigenvalue weighted by molar-refractivity contribution is 5.80. The van der Waals surface area contributed by atoms with Crippen LogP contribution >= 0.6 is 0 Å². The first-order valence-corrected chi connectivity index (χ1v) is 10.8. The highest BCUT2D eigenvalue weighted by Gasteiger charge is 2.26. The van der Waals surface area contributed by atoms with Crippen LogP contribution in [0.4, 0.5) is 10.2 Å². The van der Waals surface area contributed by atoms with Crippen LogP contribution in [0.2, 0.25) is 0 Å². The summed E-state index contributed by atoms with van der Waals surface area (Å²) in [6.07, 6.45) is 4.24. The number of aromatic nitrogens is 1. The third-order valence-corrected chi connectivity index (χ3v) is 5.46. The van der Waals surface area contributed by atoms with Crippen molar-refractivity contribution in [3.8, 4) is 0 Å². The first-order valence-electron chi connectivity index (χ1n) is 10.8. The Bertz CT molecular complexity index is 793. The van der Waals surface area contributed by atoms with E-state index >= 15 is 0 Å². The number of pyridine rings is 1. The molecule has 3 heterocycles. The Hall–Kier alpha value is -2.61. The molecule has 2 N–H and O–H groups in total. The molecular formula is C22H33FN6O. The largest absolute Gasteiger partial charge is 0.468 e.